The van der Waals surface area contributed by atoms with E-state index in [4.69, 9.17) is 0 Å². The summed E-state index contributed by atoms with van der Waals surface area (Å²) in [6, 6.07) is 14.1. The number of likely N-dealkylation sites (N-methyl/N-ethyl adjacent to an activating group) is 1. The Balaban J connectivity index is 0.00000320. The molecule has 0 saturated heterocycles. The highest BCUT2D eigenvalue weighted by molar-refractivity contribution is 14.0. The van der Waals surface area contributed by atoms with Crippen LogP contribution in [0.5, 0.6) is 0 Å². The van der Waals surface area contributed by atoms with Gasteiger partial charge in [-0.05, 0) is 23.6 Å². The number of para-hydroxylation sites is 1. The Kier molecular flexibility index (Phi) is 9.31. The maximum Gasteiger partial charge on any atom is 0.243 e. The van der Waals surface area contributed by atoms with Gasteiger partial charge in [-0.3, -0.25) is 4.79 Å². The van der Waals surface area contributed by atoms with Crippen LogP contribution >= 0.6 is 35.3 Å². The number of aromatic nitrogens is 2. The van der Waals surface area contributed by atoms with E-state index < -0.39 is 0 Å². The van der Waals surface area contributed by atoms with E-state index in [1.807, 2.05) is 70.8 Å². The van der Waals surface area contributed by atoms with Crippen molar-refractivity contribution in [3.05, 3.63) is 70.7 Å². The van der Waals surface area contributed by atoms with E-state index in [0.29, 0.717) is 19.0 Å². The lowest BCUT2D eigenvalue weighted by Gasteiger charge is -2.22. The zero-order valence-corrected chi connectivity index (χ0v) is 20.5. The lowest BCUT2D eigenvalue weighted by molar-refractivity contribution is -0.127. The summed E-state index contributed by atoms with van der Waals surface area (Å²) in [5.41, 5.74) is 2.07. The predicted molar refractivity (Wildman–Crippen MR) is 133 cm³/mol. The molecule has 0 bridgehead atoms. The van der Waals surface area contributed by atoms with Crippen molar-refractivity contribution in [3.8, 4) is 5.69 Å². The van der Waals surface area contributed by atoms with E-state index >= 15 is 0 Å². The standard InChI is InChI=1S/C21H26N6OS.HI/c1-25(2)20(28)14-23-21(22-13-19-10-7-11-29-19)26(3)15-17-12-24-27(16-17)18-8-5-4-6-9-18;/h4-12,16H,13-15H2,1-3H3,(H,22,23);1H. The minimum atomic E-state index is -0.0364. The lowest BCUT2D eigenvalue weighted by atomic mass is 10.3. The molecule has 0 spiro atoms. The van der Waals surface area contributed by atoms with Crippen LogP contribution in [0.1, 0.15) is 10.4 Å². The monoisotopic (exact) mass is 538 g/mol. The van der Waals surface area contributed by atoms with Crippen molar-refractivity contribution in [1.82, 2.24) is 24.9 Å². The number of nitrogens with one attached hydrogen (secondary N) is 1. The summed E-state index contributed by atoms with van der Waals surface area (Å²) in [7, 11) is 5.43. The Morgan fingerprint density at radius 1 is 1.17 bits per heavy atom. The van der Waals surface area contributed by atoms with Crippen LogP contribution in [0, 0.1) is 0 Å². The number of thiophene rings is 1. The molecule has 1 N–H and O–H groups in total. The third kappa shape index (κ3) is 6.84. The van der Waals surface area contributed by atoms with Crippen LogP contribution in [-0.2, 0) is 17.9 Å². The molecule has 0 saturated carbocycles. The Bertz CT molecular complexity index is 940. The number of carbonyl (C=O) groups is 1. The first kappa shape index (κ1) is 23.9. The zero-order chi connectivity index (χ0) is 20.6. The fraction of sp³-hybridized carbons (Fsp3) is 0.286. The second-order valence-corrected chi connectivity index (χ2v) is 7.88. The van der Waals surface area contributed by atoms with Gasteiger partial charge in [0, 0.05) is 44.3 Å². The molecule has 1 aromatic carbocycles. The van der Waals surface area contributed by atoms with Crippen LogP contribution in [0.15, 0.2) is 65.2 Å². The molecule has 0 atom stereocenters. The Morgan fingerprint density at radius 3 is 2.60 bits per heavy atom. The molecule has 3 aromatic rings. The predicted octanol–water partition coefficient (Wildman–Crippen LogP) is 3.22. The molecular formula is C21H27IN6OS. The minimum absolute atomic E-state index is 0. The largest absolute Gasteiger partial charge is 0.351 e. The van der Waals surface area contributed by atoms with Gasteiger partial charge < -0.3 is 15.1 Å². The van der Waals surface area contributed by atoms with Crippen molar-refractivity contribution in [2.24, 2.45) is 4.99 Å². The van der Waals surface area contributed by atoms with Crippen molar-refractivity contribution in [3.63, 3.8) is 0 Å². The second-order valence-electron chi connectivity index (χ2n) is 6.85. The highest BCUT2D eigenvalue weighted by Crippen LogP contribution is 2.10. The lowest BCUT2D eigenvalue weighted by Crippen LogP contribution is -2.39. The first-order chi connectivity index (χ1) is 14.0. The van der Waals surface area contributed by atoms with E-state index in [1.165, 1.54) is 4.88 Å². The van der Waals surface area contributed by atoms with Gasteiger partial charge in [-0.2, -0.15) is 5.10 Å². The van der Waals surface area contributed by atoms with Crippen molar-refractivity contribution < 1.29 is 4.79 Å². The summed E-state index contributed by atoms with van der Waals surface area (Å²) in [5.74, 6) is 0.645. The van der Waals surface area contributed by atoms with Crippen LogP contribution in [0.3, 0.4) is 0 Å². The molecule has 0 aliphatic heterocycles. The van der Waals surface area contributed by atoms with Crippen LogP contribution < -0.4 is 5.32 Å². The number of aliphatic imine (C=N–C) groups is 1. The van der Waals surface area contributed by atoms with E-state index in [2.05, 4.69) is 21.5 Å². The van der Waals surface area contributed by atoms with E-state index in [9.17, 15) is 4.79 Å². The molecule has 0 fully saturated rings. The van der Waals surface area contributed by atoms with Gasteiger partial charge in [0.05, 0.1) is 18.4 Å². The third-order valence-corrected chi connectivity index (χ3v) is 5.18. The Morgan fingerprint density at radius 2 is 1.93 bits per heavy atom. The normalized spacial score (nSPS) is 11.0. The topological polar surface area (TPSA) is 65.8 Å². The van der Waals surface area contributed by atoms with Crippen LogP contribution in [0.2, 0.25) is 0 Å². The van der Waals surface area contributed by atoms with Gasteiger partial charge in [0.2, 0.25) is 5.91 Å². The highest BCUT2D eigenvalue weighted by atomic mass is 127. The van der Waals surface area contributed by atoms with Crippen molar-refractivity contribution in [2.75, 3.05) is 27.7 Å². The number of halogens is 1. The zero-order valence-electron chi connectivity index (χ0n) is 17.4. The van der Waals surface area contributed by atoms with Gasteiger partial charge in [0.25, 0.3) is 0 Å². The molecule has 7 nitrogen and oxygen atoms in total. The molecular weight excluding hydrogens is 511 g/mol. The van der Waals surface area contributed by atoms with Gasteiger partial charge in [-0.25, -0.2) is 9.67 Å². The van der Waals surface area contributed by atoms with Crippen molar-refractivity contribution in [1.29, 1.82) is 0 Å². The number of hydrogen-bond donors (Lipinski definition) is 1. The molecule has 0 radical (unpaired) electrons. The summed E-state index contributed by atoms with van der Waals surface area (Å²) in [4.78, 5) is 21.3. The SMILES string of the molecule is CN(C)C(=O)CN=C(NCc1cccs1)N(C)Cc1cnn(-c2ccccc2)c1.I. The molecule has 3 rings (SSSR count). The number of hydrogen-bond acceptors (Lipinski definition) is 4. The molecule has 1 amide bonds. The third-order valence-electron chi connectivity index (χ3n) is 4.30. The summed E-state index contributed by atoms with van der Waals surface area (Å²) in [5, 5.41) is 9.86. The summed E-state index contributed by atoms with van der Waals surface area (Å²) < 4.78 is 1.86. The van der Waals surface area contributed by atoms with Gasteiger partial charge >= 0.3 is 0 Å². The Labute approximate surface area is 198 Å². The van der Waals surface area contributed by atoms with Gasteiger partial charge in [-0.15, -0.1) is 35.3 Å². The molecule has 30 heavy (non-hydrogen) atoms. The minimum Gasteiger partial charge on any atom is -0.351 e. The van der Waals surface area contributed by atoms with Gasteiger partial charge in [0.1, 0.15) is 6.54 Å². The fourth-order valence-electron chi connectivity index (χ4n) is 2.69. The first-order valence-corrected chi connectivity index (χ1v) is 10.2. The molecule has 0 aliphatic carbocycles. The molecule has 2 aromatic heterocycles. The summed E-state index contributed by atoms with van der Waals surface area (Å²) in [6.07, 6.45) is 3.86. The summed E-state index contributed by atoms with van der Waals surface area (Å²) >= 11 is 1.69. The maximum atomic E-state index is 12.0. The molecule has 160 valence electrons. The highest BCUT2D eigenvalue weighted by Gasteiger charge is 2.11. The van der Waals surface area contributed by atoms with Crippen LogP contribution in [0.25, 0.3) is 5.69 Å². The summed E-state index contributed by atoms with van der Waals surface area (Å²) in [6.45, 7) is 1.40. The number of rotatable bonds is 7. The number of amides is 1. The average molecular weight is 538 g/mol. The van der Waals surface area contributed by atoms with Crippen molar-refractivity contribution in [2.45, 2.75) is 13.1 Å². The molecule has 2 heterocycles. The van der Waals surface area contributed by atoms with Gasteiger partial charge in [-0.1, -0.05) is 24.3 Å². The molecule has 0 aliphatic rings. The quantitative estimate of drug-likeness (QED) is 0.285. The van der Waals surface area contributed by atoms with Gasteiger partial charge in [0.15, 0.2) is 5.96 Å². The number of carbonyl (C=O) groups excluding carboxylic acids is 1. The Hall–Kier alpha value is -2.40. The van der Waals surface area contributed by atoms with E-state index in [-0.39, 0.29) is 36.4 Å². The molecule has 0 unspecified atom stereocenters. The number of benzene rings is 1. The number of nitrogens with zero attached hydrogens (tertiary/aromatic N) is 5. The van der Waals surface area contributed by atoms with E-state index in [1.54, 1.807) is 30.3 Å². The number of guanidine groups is 1. The second kappa shape index (κ2) is 11.7. The maximum absolute atomic E-state index is 12.0. The first-order valence-electron chi connectivity index (χ1n) is 9.34. The van der Waals surface area contributed by atoms with Crippen molar-refractivity contribution >= 4 is 47.2 Å². The van der Waals surface area contributed by atoms with Crippen LogP contribution in [0.4, 0.5) is 0 Å². The average Bonchev–Trinajstić information content (AvgIpc) is 3.40. The van der Waals surface area contributed by atoms with E-state index in [0.717, 1.165) is 11.3 Å². The molecule has 9 heteroatoms. The smallest absolute Gasteiger partial charge is 0.243 e. The van der Waals surface area contributed by atoms with Crippen LogP contribution in [-0.4, -0.2) is 59.1 Å². The fourth-order valence-corrected chi connectivity index (χ4v) is 3.33.